The highest BCUT2D eigenvalue weighted by Crippen LogP contribution is 2.21. The molecule has 1 aromatic carbocycles. The molecule has 1 atom stereocenters. The summed E-state index contributed by atoms with van der Waals surface area (Å²) >= 11 is 0. The first-order valence-electron chi connectivity index (χ1n) is 7.39. The van der Waals surface area contributed by atoms with Crippen LogP contribution in [0.25, 0.3) is 0 Å². The average Bonchev–Trinajstić information content (AvgIpc) is 3.02. The maximum absolute atomic E-state index is 12.3. The monoisotopic (exact) mass is 332 g/mol. The largest absolute Gasteiger partial charge is 0.415 e. The summed E-state index contributed by atoms with van der Waals surface area (Å²) in [7, 11) is 0. The van der Waals surface area contributed by atoms with Crippen LogP contribution < -0.4 is 0 Å². The van der Waals surface area contributed by atoms with Crippen molar-refractivity contribution in [3.8, 4) is 0 Å². The van der Waals surface area contributed by atoms with E-state index in [9.17, 15) is 14.9 Å². The van der Waals surface area contributed by atoms with Crippen molar-refractivity contribution in [3.63, 3.8) is 0 Å². The van der Waals surface area contributed by atoms with E-state index in [1.807, 2.05) is 0 Å². The average molecular weight is 332 g/mol. The first-order chi connectivity index (χ1) is 11.6. The molecule has 2 heterocycles. The van der Waals surface area contributed by atoms with Gasteiger partial charge in [0, 0.05) is 6.54 Å². The van der Waals surface area contributed by atoms with E-state index in [0.29, 0.717) is 24.3 Å². The standard InChI is InChI=1S/C15H16N4O5/c20-10-12-8-13-9-17(6-7-18(13)16-12)15(21)24-14(19(22)23)11-4-2-1-3-5-11/h1-5,8,14,20H,6-7,9-10H2. The van der Waals surface area contributed by atoms with E-state index in [-0.39, 0.29) is 13.2 Å². The van der Waals surface area contributed by atoms with Gasteiger partial charge in [-0.1, -0.05) is 18.2 Å². The Kier molecular flexibility index (Phi) is 4.43. The Morgan fingerprint density at radius 2 is 2.12 bits per heavy atom. The molecular weight excluding hydrogens is 316 g/mol. The van der Waals surface area contributed by atoms with E-state index in [1.165, 1.54) is 4.90 Å². The first kappa shape index (κ1) is 15.9. The molecule has 0 radical (unpaired) electrons. The van der Waals surface area contributed by atoms with E-state index in [1.54, 1.807) is 41.1 Å². The molecule has 1 aliphatic rings. The molecule has 1 unspecified atom stereocenters. The molecule has 0 spiro atoms. The lowest BCUT2D eigenvalue weighted by molar-refractivity contribution is -0.575. The van der Waals surface area contributed by atoms with Crippen molar-refractivity contribution in [2.45, 2.75) is 25.9 Å². The van der Waals surface area contributed by atoms with E-state index in [4.69, 9.17) is 9.84 Å². The number of carbonyl (C=O) groups is 1. The number of aliphatic hydroxyl groups is 1. The lowest BCUT2D eigenvalue weighted by Gasteiger charge is -2.27. The molecule has 1 N–H and O–H groups in total. The number of hydrogen-bond donors (Lipinski definition) is 1. The summed E-state index contributed by atoms with van der Waals surface area (Å²) < 4.78 is 6.80. The number of nitrogens with zero attached hydrogens (tertiary/aromatic N) is 4. The van der Waals surface area contributed by atoms with Crippen molar-refractivity contribution in [1.29, 1.82) is 0 Å². The molecule has 0 aliphatic carbocycles. The van der Waals surface area contributed by atoms with Gasteiger partial charge in [-0.05, 0) is 18.2 Å². The molecule has 0 fully saturated rings. The summed E-state index contributed by atoms with van der Waals surface area (Å²) in [6.45, 7) is 0.823. The van der Waals surface area contributed by atoms with Crippen LogP contribution in [0.2, 0.25) is 0 Å². The Bertz CT molecular complexity index is 746. The number of aromatic nitrogens is 2. The first-order valence-corrected chi connectivity index (χ1v) is 7.39. The molecule has 0 saturated carbocycles. The zero-order valence-electron chi connectivity index (χ0n) is 12.7. The fraction of sp³-hybridized carbons (Fsp3) is 0.333. The van der Waals surface area contributed by atoms with Crippen molar-refractivity contribution in [2.24, 2.45) is 0 Å². The van der Waals surface area contributed by atoms with Gasteiger partial charge in [0.1, 0.15) is 0 Å². The van der Waals surface area contributed by atoms with E-state index in [2.05, 4.69) is 5.10 Å². The smallest absolute Gasteiger partial charge is 0.390 e. The van der Waals surface area contributed by atoms with Gasteiger partial charge in [0.05, 0.1) is 41.6 Å². The topological polar surface area (TPSA) is 111 Å². The Morgan fingerprint density at radius 3 is 2.79 bits per heavy atom. The molecule has 0 saturated heterocycles. The van der Waals surface area contributed by atoms with Crippen LogP contribution in [-0.2, 0) is 24.4 Å². The summed E-state index contributed by atoms with van der Waals surface area (Å²) in [5.41, 5.74) is 1.58. The lowest BCUT2D eigenvalue weighted by atomic mass is 10.2. The number of amides is 1. The minimum absolute atomic E-state index is 0.179. The molecule has 1 amide bonds. The molecule has 0 bridgehead atoms. The molecule has 24 heavy (non-hydrogen) atoms. The van der Waals surface area contributed by atoms with Crippen LogP contribution in [0.3, 0.4) is 0 Å². The van der Waals surface area contributed by atoms with Crippen LogP contribution in [-0.4, -0.2) is 37.3 Å². The third kappa shape index (κ3) is 3.20. The highest BCUT2D eigenvalue weighted by atomic mass is 16.7. The number of benzene rings is 1. The van der Waals surface area contributed by atoms with Gasteiger partial charge in [-0.25, -0.2) is 4.79 Å². The summed E-state index contributed by atoms with van der Waals surface area (Å²) in [6.07, 6.45) is -2.29. The molecule has 9 heteroatoms. The highest BCUT2D eigenvalue weighted by Gasteiger charge is 2.31. The van der Waals surface area contributed by atoms with E-state index < -0.39 is 17.2 Å². The van der Waals surface area contributed by atoms with Crippen LogP contribution in [0.5, 0.6) is 0 Å². The Balaban J connectivity index is 1.71. The highest BCUT2D eigenvalue weighted by molar-refractivity contribution is 5.68. The number of nitro groups is 1. The van der Waals surface area contributed by atoms with Crippen LogP contribution in [0.4, 0.5) is 4.79 Å². The maximum Gasteiger partial charge on any atom is 0.415 e. The number of aliphatic hydroxyl groups excluding tert-OH is 1. The van der Waals surface area contributed by atoms with E-state index in [0.717, 1.165) is 5.69 Å². The summed E-state index contributed by atoms with van der Waals surface area (Å²) in [5, 5.41) is 24.5. The summed E-state index contributed by atoms with van der Waals surface area (Å²) in [4.78, 5) is 24.3. The molecule has 9 nitrogen and oxygen atoms in total. The Labute approximate surface area is 137 Å². The minimum atomic E-state index is -1.54. The Morgan fingerprint density at radius 1 is 1.38 bits per heavy atom. The number of ether oxygens (including phenoxy) is 1. The number of fused-ring (bicyclic) bond motifs is 1. The van der Waals surface area contributed by atoms with Crippen molar-refractivity contribution < 1.29 is 19.6 Å². The quantitative estimate of drug-likeness (QED) is 0.513. The zero-order chi connectivity index (χ0) is 17.1. The van der Waals surface area contributed by atoms with E-state index >= 15 is 0 Å². The Hall–Kier alpha value is -2.94. The number of carbonyl (C=O) groups excluding carboxylic acids is 1. The third-order valence-electron chi connectivity index (χ3n) is 3.76. The molecule has 3 rings (SSSR count). The minimum Gasteiger partial charge on any atom is -0.390 e. The van der Waals surface area contributed by atoms with Crippen LogP contribution >= 0.6 is 0 Å². The summed E-state index contributed by atoms with van der Waals surface area (Å²) in [6, 6.07) is 9.80. The van der Waals surface area contributed by atoms with Gasteiger partial charge < -0.3 is 14.7 Å². The fourth-order valence-corrected chi connectivity index (χ4v) is 2.58. The van der Waals surface area contributed by atoms with Crippen LogP contribution in [0.15, 0.2) is 36.4 Å². The third-order valence-corrected chi connectivity index (χ3v) is 3.76. The van der Waals surface area contributed by atoms with Gasteiger partial charge in [-0.3, -0.25) is 14.8 Å². The van der Waals surface area contributed by atoms with Gasteiger partial charge in [0.15, 0.2) is 0 Å². The van der Waals surface area contributed by atoms with Gasteiger partial charge in [-0.15, -0.1) is 0 Å². The number of hydrogen-bond acceptors (Lipinski definition) is 6. The molecule has 1 aromatic heterocycles. The molecule has 1 aliphatic heterocycles. The van der Waals surface area contributed by atoms with Gasteiger partial charge in [-0.2, -0.15) is 5.10 Å². The van der Waals surface area contributed by atoms with Crippen molar-refractivity contribution in [1.82, 2.24) is 14.7 Å². The number of rotatable bonds is 4. The van der Waals surface area contributed by atoms with Crippen LogP contribution in [0, 0.1) is 10.1 Å². The van der Waals surface area contributed by atoms with Gasteiger partial charge >= 0.3 is 12.3 Å². The van der Waals surface area contributed by atoms with Gasteiger partial charge in [0.25, 0.3) is 0 Å². The fourth-order valence-electron chi connectivity index (χ4n) is 2.58. The van der Waals surface area contributed by atoms with Gasteiger partial charge in [0.2, 0.25) is 0 Å². The molecule has 126 valence electrons. The second-order valence-electron chi connectivity index (χ2n) is 5.36. The predicted molar refractivity (Wildman–Crippen MR) is 81.2 cm³/mol. The second kappa shape index (κ2) is 6.67. The second-order valence-corrected chi connectivity index (χ2v) is 5.36. The molecule has 2 aromatic rings. The zero-order valence-corrected chi connectivity index (χ0v) is 12.7. The predicted octanol–water partition coefficient (Wildman–Crippen LogP) is 1.30. The normalized spacial score (nSPS) is 14.8. The van der Waals surface area contributed by atoms with Crippen molar-refractivity contribution in [2.75, 3.05) is 6.54 Å². The lowest BCUT2D eigenvalue weighted by Crippen LogP contribution is -2.39. The van der Waals surface area contributed by atoms with Crippen molar-refractivity contribution >= 4 is 6.09 Å². The van der Waals surface area contributed by atoms with Crippen molar-refractivity contribution in [3.05, 3.63) is 63.5 Å². The van der Waals surface area contributed by atoms with Crippen LogP contribution in [0.1, 0.15) is 23.2 Å². The summed E-state index contributed by atoms with van der Waals surface area (Å²) in [5.74, 6) is 0. The molecular formula is C15H16N4O5. The SMILES string of the molecule is O=C(OC(c1ccccc1)[N+](=O)[O-])N1CCn2nc(CO)cc2C1. The maximum atomic E-state index is 12.3.